The molecule has 1 saturated heterocycles. The van der Waals surface area contributed by atoms with Gasteiger partial charge in [-0.25, -0.2) is 0 Å². The van der Waals surface area contributed by atoms with Crippen molar-refractivity contribution < 1.29 is 9.47 Å². The van der Waals surface area contributed by atoms with Crippen molar-refractivity contribution in [3.8, 4) is 0 Å². The van der Waals surface area contributed by atoms with Crippen LogP contribution in [0.1, 0.15) is 44.6 Å². The Hall–Kier alpha value is -0.910. The molecule has 2 atom stereocenters. The van der Waals surface area contributed by atoms with E-state index < -0.39 is 0 Å². The van der Waals surface area contributed by atoms with Gasteiger partial charge in [0.05, 0.1) is 18.4 Å². The molecule has 0 spiro atoms. The lowest BCUT2D eigenvalue weighted by Crippen LogP contribution is -2.28. The SMILES string of the molecule is COCCNCC1CCOC1c1cn(C)nc1C(C)(C)C. The molecule has 2 heterocycles. The van der Waals surface area contributed by atoms with E-state index in [0.717, 1.165) is 38.4 Å². The van der Waals surface area contributed by atoms with E-state index in [1.807, 2.05) is 11.7 Å². The van der Waals surface area contributed by atoms with Crippen molar-refractivity contribution in [2.24, 2.45) is 13.0 Å². The second kappa shape index (κ2) is 6.90. The molecule has 1 aromatic rings. The third-order valence-corrected chi connectivity index (χ3v) is 3.98. The smallest absolute Gasteiger partial charge is 0.0899 e. The van der Waals surface area contributed by atoms with Gasteiger partial charge >= 0.3 is 0 Å². The summed E-state index contributed by atoms with van der Waals surface area (Å²) in [5, 5.41) is 8.13. The molecule has 21 heavy (non-hydrogen) atoms. The summed E-state index contributed by atoms with van der Waals surface area (Å²) >= 11 is 0. The molecule has 0 radical (unpaired) electrons. The van der Waals surface area contributed by atoms with Crippen molar-refractivity contribution >= 4 is 0 Å². The molecule has 0 aromatic carbocycles. The van der Waals surface area contributed by atoms with Crippen LogP contribution in [0, 0.1) is 5.92 Å². The van der Waals surface area contributed by atoms with Crippen LogP contribution in [0.2, 0.25) is 0 Å². The van der Waals surface area contributed by atoms with Crippen LogP contribution in [-0.4, -0.2) is 43.2 Å². The normalized spacial score (nSPS) is 22.9. The van der Waals surface area contributed by atoms with Crippen LogP contribution < -0.4 is 5.32 Å². The van der Waals surface area contributed by atoms with Crippen LogP contribution in [0.4, 0.5) is 0 Å². The van der Waals surface area contributed by atoms with Crippen LogP contribution >= 0.6 is 0 Å². The molecule has 1 N–H and O–H groups in total. The lowest BCUT2D eigenvalue weighted by molar-refractivity contribution is 0.0883. The predicted molar refractivity (Wildman–Crippen MR) is 83.5 cm³/mol. The van der Waals surface area contributed by atoms with Gasteiger partial charge in [0, 0.05) is 56.9 Å². The molecule has 1 aromatic heterocycles. The molecule has 120 valence electrons. The van der Waals surface area contributed by atoms with E-state index in [4.69, 9.17) is 9.47 Å². The number of rotatable bonds is 6. The fourth-order valence-corrected chi connectivity index (χ4v) is 2.95. The second-order valence-electron chi connectivity index (χ2n) is 6.89. The van der Waals surface area contributed by atoms with Crippen molar-refractivity contribution in [2.45, 2.75) is 38.7 Å². The van der Waals surface area contributed by atoms with Crippen LogP contribution in [-0.2, 0) is 21.9 Å². The van der Waals surface area contributed by atoms with E-state index in [2.05, 4.69) is 37.4 Å². The largest absolute Gasteiger partial charge is 0.383 e. The predicted octanol–water partition coefficient (Wildman–Crippen LogP) is 2.03. The van der Waals surface area contributed by atoms with Gasteiger partial charge in [-0.05, 0) is 6.42 Å². The van der Waals surface area contributed by atoms with Crippen molar-refractivity contribution in [1.82, 2.24) is 15.1 Å². The van der Waals surface area contributed by atoms with E-state index in [1.165, 1.54) is 5.56 Å². The summed E-state index contributed by atoms with van der Waals surface area (Å²) in [4.78, 5) is 0. The molecule has 0 saturated carbocycles. The molecule has 5 heteroatoms. The summed E-state index contributed by atoms with van der Waals surface area (Å²) in [5.74, 6) is 0.507. The number of hydrogen-bond donors (Lipinski definition) is 1. The summed E-state index contributed by atoms with van der Waals surface area (Å²) in [5.41, 5.74) is 2.44. The van der Waals surface area contributed by atoms with Crippen molar-refractivity contribution in [2.75, 3.05) is 33.4 Å². The van der Waals surface area contributed by atoms with Gasteiger partial charge in [0.2, 0.25) is 0 Å². The minimum absolute atomic E-state index is 0.0383. The maximum atomic E-state index is 6.03. The van der Waals surface area contributed by atoms with Crippen molar-refractivity contribution in [1.29, 1.82) is 0 Å². The zero-order valence-corrected chi connectivity index (χ0v) is 14.0. The zero-order chi connectivity index (χ0) is 15.5. The maximum absolute atomic E-state index is 6.03. The van der Waals surface area contributed by atoms with Crippen molar-refractivity contribution in [3.05, 3.63) is 17.5 Å². The zero-order valence-electron chi connectivity index (χ0n) is 14.0. The van der Waals surface area contributed by atoms with Gasteiger partial charge in [0.15, 0.2) is 0 Å². The van der Waals surface area contributed by atoms with Crippen LogP contribution in [0.5, 0.6) is 0 Å². The highest BCUT2D eigenvalue weighted by molar-refractivity contribution is 5.27. The lowest BCUT2D eigenvalue weighted by atomic mass is 9.85. The van der Waals surface area contributed by atoms with E-state index in [1.54, 1.807) is 7.11 Å². The number of nitrogens with one attached hydrogen (secondary N) is 1. The topological polar surface area (TPSA) is 48.3 Å². The Morgan fingerprint density at radius 3 is 2.90 bits per heavy atom. The van der Waals surface area contributed by atoms with Gasteiger partial charge in [-0.1, -0.05) is 20.8 Å². The van der Waals surface area contributed by atoms with Gasteiger partial charge in [0.25, 0.3) is 0 Å². The molecular weight excluding hydrogens is 266 g/mol. The number of methoxy groups -OCH3 is 1. The maximum Gasteiger partial charge on any atom is 0.0899 e. The molecule has 5 nitrogen and oxygen atoms in total. The Morgan fingerprint density at radius 2 is 2.24 bits per heavy atom. The van der Waals surface area contributed by atoms with E-state index in [0.29, 0.717) is 5.92 Å². The molecule has 1 aliphatic heterocycles. The number of aromatic nitrogens is 2. The van der Waals surface area contributed by atoms with Gasteiger partial charge < -0.3 is 14.8 Å². The number of ether oxygens (including phenoxy) is 2. The molecule has 1 aliphatic rings. The van der Waals surface area contributed by atoms with Crippen LogP contribution in [0.15, 0.2) is 6.20 Å². The molecule has 2 unspecified atom stereocenters. The van der Waals surface area contributed by atoms with E-state index in [-0.39, 0.29) is 11.5 Å². The second-order valence-corrected chi connectivity index (χ2v) is 6.89. The molecule has 2 rings (SSSR count). The van der Waals surface area contributed by atoms with Crippen molar-refractivity contribution in [3.63, 3.8) is 0 Å². The quantitative estimate of drug-likeness (QED) is 0.816. The average Bonchev–Trinajstić information content (AvgIpc) is 3.00. The minimum Gasteiger partial charge on any atom is -0.383 e. The number of nitrogens with zero attached hydrogens (tertiary/aromatic N) is 2. The molecule has 0 bridgehead atoms. The first kappa shape index (κ1) is 16.5. The molecule has 0 amide bonds. The number of hydrogen-bond acceptors (Lipinski definition) is 4. The highest BCUT2D eigenvalue weighted by atomic mass is 16.5. The first-order valence-electron chi connectivity index (χ1n) is 7.78. The Bertz CT molecular complexity index is 451. The molecule has 1 fully saturated rings. The highest BCUT2D eigenvalue weighted by Crippen LogP contribution is 2.38. The Labute approximate surface area is 128 Å². The highest BCUT2D eigenvalue weighted by Gasteiger charge is 2.35. The van der Waals surface area contributed by atoms with Crippen LogP contribution in [0.3, 0.4) is 0 Å². The first-order chi connectivity index (χ1) is 9.93. The van der Waals surface area contributed by atoms with E-state index in [9.17, 15) is 0 Å². The van der Waals surface area contributed by atoms with Gasteiger partial charge in [0.1, 0.15) is 0 Å². The fourth-order valence-electron chi connectivity index (χ4n) is 2.95. The Morgan fingerprint density at radius 1 is 1.48 bits per heavy atom. The average molecular weight is 295 g/mol. The standard InChI is InChI=1S/C16H29N3O2/c1-16(2,3)15-13(11-19(4)18-15)14-12(6-8-21-14)10-17-7-9-20-5/h11-12,14,17H,6-10H2,1-5H3. The van der Waals surface area contributed by atoms with Gasteiger partial charge in [-0.15, -0.1) is 0 Å². The van der Waals surface area contributed by atoms with Crippen LogP contribution in [0.25, 0.3) is 0 Å². The molecular formula is C16H29N3O2. The summed E-state index contributed by atoms with van der Waals surface area (Å²) in [7, 11) is 3.72. The summed E-state index contributed by atoms with van der Waals surface area (Å²) < 4.78 is 13.0. The molecule has 0 aliphatic carbocycles. The Balaban J connectivity index is 2.09. The monoisotopic (exact) mass is 295 g/mol. The fraction of sp³-hybridized carbons (Fsp3) is 0.812. The summed E-state index contributed by atoms with van der Waals surface area (Å²) in [6.07, 6.45) is 3.38. The summed E-state index contributed by atoms with van der Waals surface area (Å²) in [6.45, 7) is 10.1. The lowest BCUT2D eigenvalue weighted by Gasteiger charge is -2.23. The Kier molecular flexibility index (Phi) is 5.41. The third kappa shape index (κ3) is 4.05. The van der Waals surface area contributed by atoms with E-state index >= 15 is 0 Å². The number of aryl methyl sites for hydroxylation is 1. The van der Waals surface area contributed by atoms with Gasteiger partial charge in [-0.3, -0.25) is 4.68 Å². The first-order valence-corrected chi connectivity index (χ1v) is 7.78. The summed E-state index contributed by atoms with van der Waals surface area (Å²) in [6, 6.07) is 0. The third-order valence-electron chi connectivity index (χ3n) is 3.98. The van der Waals surface area contributed by atoms with Gasteiger partial charge in [-0.2, -0.15) is 5.10 Å². The minimum atomic E-state index is 0.0383.